The number of allylic oxidation sites excluding steroid dienone is 1. The number of likely N-dealkylation sites (N-methyl/N-ethyl adjacent to an activating group) is 1. The van der Waals surface area contributed by atoms with E-state index in [4.69, 9.17) is 5.26 Å². The molecule has 2 unspecified atom stereocenters. The van der Waals surface area contributed by atoms with Gasteiger partial charge in [-0.25, -0.2) is 0 Å². The van der Waals surface area contributed by atoms with Crippen molar-refractivity contribution in [3.05, 3.63) is 27.3 Å². The van der Waals surface area contributed by atoms with Crippen LogP contribution in [0.4, 0.5) is 0 Å². The molecule has 0 aromatic rings. The Morgan fingerprint density at radius 3 is 1.95 bits per heavy atom. The standard InChI is InChI=1S/C13H7N7O.Na/c1-20(2)13(7-18)10(5-16)8(3-14)12(19-21)9(4-15)11(13)6-17;/h10H,1-2H3;. The zero-order valence-electron chi connectivity index (χ0n) is 12.1. The fraction of sp³-hybridized carbons (Fsp3) is 0.308. The van der Waals surface area contributed by atoms with E-state index in [1.165, 1.54) is 19.0 Å². The third kappa shape index (κ3) is 2.40. The summed E-state index contributed by atoms with van der Waals surface area (Å²) in [5.74, 6) is -1.40. The summed E-state index contributed by atoms with van der Waals surface area (Å²) in [5, 5.41) is 49.1. The fourth-order valence-corrected chi connectivity index (χ4v) is 2.26. The van der Waals surface area contributed by atoms with Crippen LogP contribution >= 0.6 is 0 Å². The third-order valence-corrected chi connectivity index (χ3v) is 3.27. The first kappa shape index (κ1) is 19.5. The summed E-state index contributed by atoms with van der Waals surface area (Å²) >= 11 is 0. The van der Waals surface area contributed by atoms with Crippen LogP contribution in [0.25, 0.3) is 0 Å². The summed E-state index contributed by atoms with van der Waals surface area (Å²) in [4.78, 5) is 12.2. The van der Waals surface area contributed by atoms with Gasteiger partial charge >= 0.3 is 0 Å². The van der Waals surface area contributed by atoms with Crippen LogP contribution in [0.2, 0.25) is 0 Å². The van der Waals surface area contributed by atoms with Crippen molar-refractivity contribution in [2.24, 2.45) is 11.1 Å². The maximum Gasteiger partial charge on any atom is 0.166 e. The van der Waals surface area contributed by atoms with E-state index in [-0.39, 0.29) is 35.1 Å². The number of nitriles is 5. The van der Waals surface area contributed by atoms with Gasteiger partial charge in [0.05, 0.1) is 41.0 Å². The molecule has 9 heteroatoms. The van der Waals surface area contributed by atoms with Crippen molar-refractivity contribution in [1.82, 2.24) is 4.90 Å². The van der Waals surface area contributed by atoms with Crippen molar-refractivity contribution < 1.29 is 0 Å². The number of nitrogens with zero attached hydrogens (tertiary/aromatic N) is 7. The smallest absolute Gasteiger partial charge is 0.166 e. The number of hydrogen-bond acceptors (Lipinski definition) is 8. The molecule has 0 N–H and O–H groups in total. The van der Waals surface area contributed by atoms with Gasteiger partial charge in [-0.05, 0) is 19.3 Å². The predicted molar refractivity (Wildman–Crippen MR) is 73.6 cm³/mol. The molecule has 0 saturated heterocycles. The second-order valence-corrected chi connectivity index (χ2v) is 4.27. The molecule has 101 valence electrons. The molecule has 1 aliphatic rings. The van der Waals surface area contributed by atoms with Crippen LogP contribution in [0.1, 0.15) is 0 Å². The van der Waals surface area contributed by atoms with Crippen LogP contribution < -0.4 is 0 Å². The monoisotopic (exact) mass is 300 g/mol. The summed E-state index contributed by atoms with van der Waals surface area (Å²) < 4.78 is 0. The van der Waals surface area contributed by atoms with Crippen molar-refractivity contribution in [2.45, 2.75) is 5.54 Å². The number of hydrogen-bond donors (Lipinski definition) is 0. The molecule has 2 atom stereocenters. The van der Waals surface area contributed by atoms with Crippen LogP contribution in [0.5, 0.6) is 0 Å². The Bertz CT molecular complexity index is 776. The number of rotatable bonds is 2. The second kappa shape index (κ2) is 7.48. The van der Waals surface area contributed by atoms with Gasteiger partial charge in [-0.1, -0.05) is 0 Å². The fourth-order valence-electron chi connectivity index (χ4n) is 2.26. The zero-order chi connectivity index (χ0) is 16.2. The summed E-state index contributed by atoms with van der Waals surface area (Å²) in [6, 6.07) is 8.57. The van der Waals surface area contributed by atoms with E-state index in [9.17, 15) is 26.0 Å². The normalized spacial score (nSPS) is 23.3. The van der Waals surface area contributed by atoms with Gasteiger partial charge in [-0.3, -0.25) is 4.90 Å². The molecule has 0 spiro atoms. The first-order chi connectivity index (χ1) is 9.99. The van der Waals surface area contributed by atoms with E-state index in [0.717, 1.165) is 0 Å². The molecule has 1 radical (unpaired) electrons. The van der Waals surface area contributed by atoms with E-state index >= 15 is 0 Å². The molecule has 0 amide bonds. The Hall–Kier alpha value is -2.51. The Morgan fingerprint density at radius 1 is 1.09 bits per heavy atom. The first-order valence-corrected chi connectivity index (χ1v) is 5.51. The zero-order valence-corrected chi connectivity index (χ0v) is 14.1. The van der Waals surface area contributed by atoms with E-state index in [1.54, 1.807) is 24.3 Å². The molecule has 1 aliphatic carbocycles. The summed E-state index contributed by atoms with van der Waals surface area (Å²) in [6.07, 6.45) is 0. The molecule has 0 aliphatic heterocycles. The molecule has 0 saturated carbocycles. The quantitative estimate of drug-likeness (QED) is 0.530. The minimum atomic E-state index is -1.83. The molecule has 0 aromatic carbocycles. The molecule has 8 nitrogen and oxygen atoms in total. The van der Waals surface area contributed by atoms with E-state index < -0.39 is 28.3 Å². The van der Waals surface area contributed by atoms with Crippen LogP contribution in [0.3, 0.4) is 0 Å². The van der Waals surface area contributed by atoms with Gasteiger partial charge in [0.1, 0.15) is 17.7 Å². The summed E-state index contributed by atoms with van der Waals surface area (Å²) in [7, 11) is 2.88. The van der Waals surface area contributed by atoms with Gasteiger partial charge in [0.2, 0.25) is 0 Å². The minimum Gasteiger partial charge on any atom is -0.286 e. The van der Waals surface area contributed by atoms with Gasteiger partial charge in [-0.2, -0.15) is 26.3 Å². The van der Waals surface area contributed by atoms with Gasteiger partial charge in [0.25, 0.3) is 0 Å². The summed E-state index contributed by atoms with van der Waals surface area (Å²) in [5.41, 5.74) is -3.59. The second-order valence-electron chi connectivity index (χ2n) is 4.27. The SMILES string of the molecule is CN(C)C1(C#N)C(C#N)=C(C#N)C(N=O)=C(C#N)C1C#N.[Na]. The Morgan fingerprint density at radius 2 is 1.68 bits per heavy atom. The van der Waals surface area contributed by atoms with Gasteiger partial charge in [-0.15, -0.1) is 4.91 Å². The van der Waals surface area contributed by atoms with Crippen molar-refractivity contribution in [3.8, 4) is 30.3 Å². The average molecular weight is 300 g/mol. The summed E-state index contributed by atoms with van der Waals surface area (Å²) in [6.45, 7) is 0. The van der Waals surface area contributed by atoms with E-state index in [2.05, 4.69) is 5.18 Å². The maximum absolute atomic E-state index is 10.9. The Kier molecular flexibility index (Phi) is 6.63. The number of nitroso groups, excluding NO2 is 1. The van der Waals surface area contributed by atoms with Crippen LogP contribution in [0.15, 0.2) is 27.6 Å². The largest absolute Gasteiger partial charge is 0.286 e. The third-order valence-electron chi connectivity index (χ3n) is 3.27. The van der Waals surface area contributed by atoms with Crippen molar-refractivity contribution in [3.63, 3.8) is 0 Å². The van der Waals surface area contributed by atoms with Gasteiger partial charge < -0.3 is 0 Å². The van der Waals surface area contributed by atoms with Crippen molar-refractivity contribution in [1.29, 1.82) is 26.3 Å². The Labute approximate surface area is 149 Å². The van der Waals surface area contributed by atoms with Crippen molar-refractivity contribution in [2.75, 3.05) is 14.1 Å². The van der Waals surface area contributed by atoms with Crippen molar-refractivity contribution >= 4 is 29.6 Å². The molecule has 22 heavy (non-hydrogen) atoms. The first-order valence-electron chi connectivity index (χ1n) is 5.51. The molecular weight excluding hydrogens is 293 g/mol. The molecule has 0 bridgehead atoms. The van der Waals surface area contributed by atoms with Gasteiger partial charge in [0, 0.05) is 29.6 Å². The topological polar surface area (TPSA) is 152 Å². The maximum atomic E-state index is 10.9. The Balaban J connectivity index is 0.00000441. The molecular formula is C13H7N7NaO. The van der Waals surface area contributed by atoms with Crippen LogP contribution in [-0.2, 0) is 0 Å². The average Bonchev–Trinajstić information content (AvgIpc) is 2.50. The van der Waals surface area contributed by atoms with Gasteiger partial charge in [0.15, 0.2) is 5.54 Å². The van der Waals surface area contributed by atoms with Crippen LogP contribution in [0, 0.1) is 67.5 Å². The molecule has 0 fully saturated rings. The minimum absolute atomic E-state index is 0. The molecule has 0 aromatic heterocycles. The van der Waals surface area contributed by atoms with Crippen LogP contribution in [-0.4, -0.2) is 54.1 Å². The predicted octanol–water partition coefficient (Wildman–Crippen LogP) is 0.471. The van der Waals surface area contributed by atoms with E-state index in [0.29, 0.717) is 0 Å². The molecule has 1 rings (SSSR count). The van der Waals surface area contributed by atoms with E-state index in [1.807, 2.05) is 6.07 Å². The molecule has 0 heterocycles.